The zero-order valence-electron chi connectivity index (χ0n) is 25.3. The van der Waals surface area contributed by atoms with E-state index in [4.69, 9.17) is 45.4 Å². The van der Waals surface area contributed by atoms with Crippen molar-refractivity contribution >= 4 is 61.2 Å². The van der Waals surface area contributed by atoms with Gasteiger partial charge in [-0.15, -0.1) is 0 Å². The van der Waals surface area contributed by atoms with E-state index in [-0.39, 0.29) is 10.9 Å². The lowest BCUT2D eigenvalue weighted by atomic mass is 10.0. The summed E-state index contributed by atoms with van der Waals surface area (Å²) in [5, 5.41) is 6.75. The number of anilines is 3. The van der Waals surface area contributed by atoms with Gasteiger partial charge in [-0.25, -0.2) is 23.5 Å². The van der Waals surface area contributed by atoms with Crippen molar-refractivity contribution in [2.24, 2.45) is 0 Å². The smallest absolute Gasteiger partial charge is 0.478 e. The number of fused-ring (bicyclic) bond motifs is 1. The highest BCUT2D eigenvalue weighted by molar-refractivity contribution is 7.60. The number of piperidine rings is 1. The number of ether oxygens (including phenoxy) is 3. The highest BCUT2D eigenvalue weighted by atomic mass is 35.5. The molecule has 0 atom stereocenters. The summed E-state index contributed by atoms with van der Waals surface area (Å²) in [4.78, 5) is 55.0. The molecule has 20 heteroatoms. The van der Waals surface area contributed by atoms with Gasteiger partial charge in [0, 0.05) is 57.1 Å². The van der Waals surface area contributed by atoms with E-state index in [2.05, 4.69) is 29.8 Å². The van der Waals surface area contributed by atoms with Gasteiger partial charge in [-0.3, -0.25) is 4.79 Å². The first kappa shape index (κ1) is 38.4. The van der Waals surface area contributed by atoms with Crippen molar-refractivity contribution < 1.29 is 56.4 Å². The Bertz CT molecular complexity index is 1630. The van der Waals surface area contributed by atoms with Crippen molar-refractivity contribution in [1.29, 1.82) is 0 Å². The monoisotopic (exact) mass is 721 g/mol. The Balaban J connectivity index is 0.000000584. The van der Waals surface area contributed by atoms with Gasteiger partial charge in [0.15, 0.2) is 0 Å². The second kappa shape index (κ2) is 17.9. The molecule has 4 rings (SSSR count). The fraction of sp³-hybridized carbons (Fsp3) is 0.370. The van der Waals surface area contributed by atoms with E-state index in [1.807, 2.05) is 0 Å². The van der Waals surface area contributed by atoms with Crippen LogP contribution in [0.3, 0.4) is 0 Å². The number of amides is 1. The third kappa shape index (κ3) is 13.5. The van der Waals surface area contributed by atoms with Gasteiger partial charge in [-0.2, -0.15) is 4.31 Å². The molecule has 1 saturated heterocycles. The van der Waals surface area contributed by atoms with Crippen LogP contribution in [0.4, 0.5) is 21.6 Å². The molecule has 0 radical (unpaired) electrons. The van der Waals surface area contributed by atoms with Crippen LogP contribution in [0, 0.1) is 5.82 Å². The van der Waals surface area contributed by atoms with E-state index in [9.17, 15) is 18.3 Å². The minimum atomic E-state index is -5.05. The number of likely N-dealkylation sites (tertiary alicyclic amines) is 1. The molecule has 2 heterocycles. The van der Waals surface area contributed by atoms with Crippen molar-refractivity contribution in [3.05, 3.63) is 59.1 Å². The molecule has 1 aliphatic rings. The zero-order valence-corrected chi connectivity index (χ0v) is 27.9. The summed E-state index contributed by atoms with van der Waals surface area (Å²) < 4.78 is 52.0. The van der Waals surface area contributed by atoms with Crippen LogP contribution in [-0.4, -0.2) is 94.0 Å². The van der Waals surface area contributed by atoms with Crippen molar-refractivity contribution in [2.75, 3.05) is 64.3 Å². The minimum absolute atomic E-state index is 0.00675. The van der Waals surface area contributed by atoms with Crippen LogP contribution < -0.4 is 15.4 Å². The lowest BCUT2D eigenvalue weighted by Crippen LogP contribution is -2.33. The maximum Gasteiger partial charge on any atom is 0.478 e. The molecule has 1 amide bonds. The Kier molecular flexibility index (Phi) is 14.6. The first-order chi connectivity index (χ1) is 22.2. The lowest BCUT2D eigenvalue weighted by molar-refractivity contribution is -0.112. The Hall–Kier alpha value is -3.05. The Morgan fingerprint density at radius 2 is 1.70 bits per heavy atom. The van der Waals surface area contributed by atoms with Crippen LogP contribution in [0.25, 0.3) is 10.9 Å². The number of nitrogens with zero attached hydrogens (tertiary/aromatic N) is 3. The fourth-order valence-electron chi connectivity index (χ4n) is 4.27. The van der Waals surface area contributed by atoms with E-state index in [1.54, 1.807) is 38.5 Å². The number of halogens is 2. The van der Waals surface area contributed by atoms with Crippen LogP contribution in [0.2, 0.25) is 5.02 Å². The summed E-state index contributed by atoms with van der Waals surface area (Å²) in [5.41, 5.74) is 2.73. The quantitative estimate of drug-likeness (QED) is 0.0834. The molecule has 1 fully saturated rings. The van der Waals surface area contributed by atoms with Crippen molar-refractivity contribution in [3.63, 3.8) is 0 Å². The summed E-state index contributed by atoms with van der Waals surface area (Å²) >= 11 is 5.94. The molecule has 0 aliphatic carbocycles. The molecule has 6 N–H and O–H groups in total. The molecule has 1 aromatic heterocycles. The fourth-order valence-corrected chi connectivity index (χ4v) is 5.56. The molecule has 0 spiro atoms. The number of phosphoric acid groups is 2. The maximum atomic E-state index is 13.6. The van der Waals surface area contributed by atoms with Crippen molar-refractivity contribution in [3.8, 4) is 5.75 Å². The third-order valence-corrected chi connectivity index (χ3v) is 8.37. The van der Waals surface area contributed by atoms with Crippen molar-refractivity contribution in [2.45, 2.75) is 12.8 Å². The molecule has 2 aromatic carbocycles. The molecule has 47 heavy (non-hydrogen) atoms. The number of methoxy groups -OCH3 is 2. The predicted molar refractivity (Wildman–Crippen MR) is 171 cm³/mol. The second-order valence-electron chi connectivity index (χ2n) is 9.87. The minimum Gasteiger partial charge on any atom is -0.489 e. The first-order valence-corrected chi connectivity index (χ1v) is 17.3. The van der Waals surface area contributed by atoms with E-state index in [0.29, 0.717) is 53.7 Å². The Morgan fingerprint density at radius 3 is 2.30 bits per heavy atom. The van der Waals surface area contributed by atoms with Gasteiger partial charge in [-0.05, 0) is 37.1 Å². The van der Waals surface area contributed by atoms with Crippen LogP contribution in [0.1, 0.15) is 12.8 Å². The second-order valence-corrected chi connectivity index (χ2v) is 12.9. The zero-order chi connectivity index (χ0) is 34.6. The number of carbonyl (C=O) groups excluding carboxylic acids is 1. The highest BCUT2D eigenvalue weighted by Gasteiger charge is 2.28. The van der Waals surface area contributed by atoms with Gasteiger partial charge in [0.25, 0.3) is 0 Å². The van der Waals surface area contributed by atoms with E-state index in [1.165, 1.54) is 18.5 Å². The number of nitrogens with one attached hydrogen (secondary N) is 2. The van der Waals surface area contributed by atoms with E-state index in [0.717, 1.165) is 38.0 Å². The van der Waals surface area contributed by atoms with Crippen molar-refractivity contribution in [1.82, 2.24) is 14.9 Å². The van der Waals surface area contributed by atoms with Crippen LogP contribution in [-0.2, 0) is 27.7 Å². The van der Waals surface area contributed by atoms with Crippen LogP contribution in [0.5, 0.6) is 5.75 Å². The number of aromatic nitrogens is 2. The number of hydrogen-bond acceptors (Lipinski definition) is 11. The third-order valence-electron chi connectivity index (χ3n) is 6.38. The normalized spacial score (nSPS) is 13.9. The topological polar surface area (TPSA) is 222 Å². The largest absolute Gasteiger partial charge is 0.489 e. The van der Waals surface area contributed by atoms with Crippen LogP contribution in [0.15, 0.2) is 48.3 Å². The molecular weight excluding hydrogens is 687 g/mol. The number of hydrogen-bond donors (Lipinski definition) is 6. The molecule has 258 valence electrons. The number of carbonyl (C=O) groups is 1. The molecule has 1 aliphatic heterocycles. The molecule has 16 nitrogen and oxygen atoms in total. The van der Waals surface area contributed by atoms with Gasteiger partial charge in [0.05, 0.1) is 29.4 Å². The predicted octanol–water partition coefficient (Wildman–Crippen LogP) is 3.99. The summed E-state index contributed by atoms with van der Waals surface area (Å²) in [7, 11) is -6.81. The molecule has 0 saturated carbocycles. The van der Waals surface area contributed by atoms with Crippen LogP contribution >= 0.6 is 27.2 Å². The summed E-state index contributed by atoms with van der Waals surface area (Å²) in [5.74, 6) is 0.184. The van der Waals surface area contributed by atoms with E-state index >= 15 is 0 Å². The molecule has 0 bridgehead atoms. The highest BCUT2D eigenvalue weighted by Crippen LogP contribution is 2.53. The lowest BCUT2D eigenvalue weighted by Gasteiger charge is -2.27. The Morgan fingerprint density at radius 1 is 1.02 bits per heavy atom. The van der Waals surface area contributed by atoms with Gasteiger partial charge in [-0.1, -0.05) is 17.2 Å². The summed E-state index contributed by atoms with van der Waals surface area (Å²) in [6.45, 7) is 4.05. The van der Waals surface area contributed by atoms with Gasteiger partial charge in [0.1, 0.15) is 30.3 Å². The van der Waals surface area contributed by atoms with E-state index < -0.39 is 21.5 Å². The molecule has 3 aromatic rings. The SMILES string of the molecule is COCCOc1cc2ncnc(Nc3ccc(F)c(Cl)c3)c2cc1NC(=O)C=C1CCN(CCOC)CC1.O=P(O)(O)OP(=O)(O)O. The molecule has 0 unspecified atom stereocenters. The average Bonchev–Trinajstić information content (AvgIpc) is 2.98. The Labute approximate surface area is 274 Å². The van der Waals surface area contributed by atoms with Gasteiger partial charge >= 0.3 is 15.6 Å². The molecular formula is C27H35ClFN5O11P2. The first-order valence-electron chi connectivity index (χ1n) is 13.8. The average molecular weight is 722 g/mol. The number of rotatable bonds is 13. The number of benzene rings is 2. The van der Waals surface area contributed by atoms with Gasteiger partial charge < -0.3 is 49.3 Å². The maximum absolute atomic E-state index is 13.6. The summed E-state index contributed by atoms with van der Waals surface area (Å²) in [6.07, 6.45) is 4.73. The summed E-state index contributed by atoms with van der Waals surface area (Å²) in [6, 6.07) is 7.81. The van der Waals surface area contributed by atoms with Gasteiger partial charge in [0.2, 0.25) is 5.91 Å². The standard InChI is InChI=1S/C27H31ClFN5O4.H4O7P2/c1-36-10-9-34-7-5-18(6-8-34)13-26(35)33-24-15-20-23(16-25(24)38-12-11-37-2)30-17-31-27(20)32-19-3-4-22(29)21(28)14-19;1-8(2,3)7-9(4,5)6/h3-4,13-17H,5-12H2,1-2H3,(H,33,35)(H,30,31,32);(H2,1,2,3)(H2,4,5,6).